The highest BCUT2D eigenvalue weighted by Crippen LogP contribution is 2.22. The van der Waals surface area contributed by atoms with Gasteiger partial charge in [-0.05, 0) is 30.7 Å². The van der Waals surface area contributed by atoms with Crippen LogP contribution in [-0.2, 0) is 7.05 Å². The molecule has 1 aromatic carbocycles. The molecule has 0 aliphatic carbocycles. The molecule has 0 atom stereocenters. The third kappa shape index (κ3) is 1.48. The molecule has 0 N–H and O–H groups in total. The Labute approximate surface area is 97.5 Å². The van der Waals surface area contributed by atoms with Gasteiger partial charge in [0.2, 0.25) is 0 Å². The summed E-state index contributed by atoms with van der Waals surface area (Å²) in [5.41, 5.74) is 1.59. The molecule has 4 heteroatoms. The van der Waals surface area contributed by atoms with Crippen LogP contribution in [0.2, 0.25) is 5.02 Å². The molecule has 0 amide bonds. The zero-order valence-electron chi connectivity index (χ0n) is 8.91. The number of nitriles is 1. The van der Waals surface area contributed by atoms with Crippen LogP contribution in [0.5, 0.6) is 0 Å². The quantitative estimate of drug-likeness (QED) is 0.700. The number of nitrogens with zero attached hydrogens (tertiary/aromatic N) is 2. The summed E-state index contributed by atoms with van der Waals surface area (Å²) in [5.74, 6) is 0. The van der Waals surface area contributed by atoms with Crippen LogP contribution in [0.3, 0.4) is 0 Å². The van der Waals surface area contributed by atoms with Gasteiger partial charge in [0.25, 0.3) is 5.56 Å². The van der Waals surface area contributed by atoms with Crippen molar-refractivity contribution in [2.75, 3.05) is 0 Å². The van der Waals surface area contributed by atoms with Crippen molar-refractivity contribution in [1.29, 1.82) is 5.26 Å². The van der Waals surface area contributed by atoms with Crippen LogP contribution >= 0.6 is 11.6 Å². The fourth-order valence-electron chi connectivity index (χ4n) is 1.91. The number of aryl methyl sites for hydroxylation is 2. The van der Waals surface area contributed by atoms with E-state index >= 15 is 0 Å². The largest absolute Gasteiger partial charge is 0.310 e. The first-order valence-corrected chi connectivity index (χ1v) is 5.12. The van der Waals surface area contributed by atoms with Gasteiger partial charge in [0.05, 0.1) is 5.52 Å². The van der Waals surface area contributed by atoms with Gasteiger partial charge in [0, 0.05) is 17.5 Å². The summed E-state index contributed by atoms with van der Waals surface area (Å²) >= 11 is 5.94. The highest BCUT2D eigenvalue weighted by Gasteiger charge is 2.08. The topological polar surface area (TPSA) is 45.8 Å². The lowest BCUT2D eigenvalue weighted by atomic mass is 10.1. The molecule has 1 heterocycles. The Morgan fingerprint density at radius 1 is 1.38 bits per heavy atom. The summed E-state index contributed by atoms with van der Waals surface area (Å²) in [7, 11) is 1.66. The van der Waals surface area contributed by atoms with Gasteiger partial charge in [-0.15, -0.1) is 0 Å². The minimum Gasteiger partial charge on any atom is -0.310 e. The number of hydrogen-bond acceptors (Lipinski definition) is 2. The molecule has 0 fully saturated rings. The van der Waals surface area contributed by atoms with Crippen LogP contribution < -0.4 is 5.56 Å². The van der Waals surface area contributed by atoms with Crippen LogP contribution in [0.4, 0.5) is 0 Å². The van der Waals surface area contributed by atoms with Crippen molar-refractivity contribution in [1.82, 2.24) is 4.57 Å². The molecule has 2 aromatic rings. The molecular formula is C12H9ClN2O. The second kappa shape index (κ2) is 3.66. The van der Waals surface area contributed by atoms with Gasteiger partial charge in [-0.25, -0.2) is 0 Å². The van der Waals surface area contributed by atoms with Crippen molar-refractivity contribution >= 4 is 22.5 Å². The second-order valence-electron chi connectivity index (χ2n) is 3.69. The Hall–Kier alpha value is -1.79. The van der Waals surface area contributed by atoms with E-state index < -0.39 is 0 Å². The number of benzene rings is 1. The molecule has 0 saturated carbocycles. The highest BCUT2D eigenvalue weighted by atomic mass is 35.5. The first-order chi connectivity index (χ1) is 7.54. The zero-order chi connectivity index (χ0) is 11.9. The van der Waals surface area contributed by atoms with Crippen LogP contribution in [0.1, 0.15) is 11.1 Å². The minimum absolute atomic E-state index is 0.136. The average molecular weight is 233 g/mol. The molecule has 0 spiro atoms. The molecule has 0 radical (unpaired) electrons. The summed E-state index contributed by atoms with van der Waals surface area (Å²) in [4.78, 5) is 11.8. The Morgan fingerprint density at radius 3 is 2.69 bits per heavy atom. The summed E-state index contributed by atoms with van der Waals surface area (Å²) < 4.78 is 1.49. The molecule has 80 valence electrons. The van der Waals surface area contributed by atoms with Gasteiger partial charge < -0.3 is 4.57 Å². The number of halogens is 1. The zero-order valence-corrected chi connectivity index (χ0v) is 9.67. The van der Waals surface area contributed by atoms with E-state index in [0.29, 0.717) is 5.02 Å². The first kappa shape index (κ1) is 10.7. The van der Waals surface area contributed by atoms with Crippen molar-refractivity contribution in [2.45, 2.75) is 6.92 Å². The van der Waals surface area contributed by atoms with Crippen LogP contribution in [0.25, 0.3) is 10.9 Å². The van der Waals surface area contributed by atoms with E-state index in [-0.39, 0.29) is 11.1 Å². The lowest BCUT2D eigenvalue weighted by Crippen LogP contribution is -2.20. The monoisotopic (exact) mass is 232 g/mol. The third-order valence-electron chi connectivity index (χ3n) is 2.59. The number of aromatic nitrogens is 1. The minimum atomic E-state index is -0.277. The molecule has 3 nitrogen and oxygen atoms in total. The van der Waals surface area contributed by atoms with Crippen molar-refractivity contribution < 1.29 is 0 Å². The van der Waals surface area contributed by atoms with Gasteiger partial charge in [0.1, 0.15) is 11.6 Å². The average Bonchev–Trinajstić information content (AvgIpc) is 2.22. The molecule has 1 aromatic heterocycles. The van der Waals surface area contributed by atoms with E-state index in [9.17, 15) is 4.79 Å². The van der Waals surface area contributed by atoms with Gasteiger partial charge in [0.15, 0.2) is 0 Å². The Balaban J connectivity index is 3.06. The molecule has 0 aliphatic heterocycles. The fourth-order valence-corrected chi connectivity index (χ4v) is 2.19. The van der Waals surface area contributed by atoms with Gasteiger partial charge in [-0.3, -0.25) is 4.79 Å². The predicted molar refractivity (Wildman–Crippen MR) is 63.7 cm³/mol. The standard InChI is InChI=1S/C12H9ClN2O/c1-7-3-10(13)5-8-4-9(6-14)12(16)15(2)11(7)8/h3-5H,1-2H3. The number of pyridine rings is 1. The normalized spacial score (nSPS) is 10.4. The molecule has 0 unspecified atom stereocenters. The Morgan fingerprint density at radius 2 is 2.06 bits per heavy atom. The van der Waals surface area contributed by atoms with E-state index in [0.717, 1.165) is 16.5 Å². The number of rotatable bonds is 0. The van der Waals surface area contributed by atoms with Crippen molar-refractivity contribution in [3.8, 4) is 6.07 Å². The first-order valence-electron chi connectivity index (χ1n) is 4.74. The lowest BCUT2D eigenvalue weighted by molar-refractivity contribution is 0.897. The van der Waals surface area contributed by atoms with E-state index in [1.807, 2.05) is 13.0 Å². The summed E-state index contributed by atoms with van der Waals surface area (Å²) in [6.45, 7) is 1.89. The van der Waals surface area contributed by atoms with Crippen LogP contribution in [-0.4, -0.2) is 4.57 Å². The fraction of sp³-hybridized carbons (Fsp3) is 0.167. The molecule has 0 aliphatic rings. The maximum atomic E-state index is 11.8. The van der Waals surface area contributed by atoms with Crippen molar-refractivity contribution in [2.24, 2.45) is 7.05 Å². The van der Waals surface area contributed by atoms with Gasteiger partial charge >= 0.3 is 0 Å². The van der Waals surface area contributed by atoms with E-state index in [1.54, 1.807) is 25.2 Å². The van der Waals surface area contributed by atoms with E-state index in [1.165, 1.54) is 4.57 Å². The Bertz CT molecular complexity index is 680. The SMILES string of the molecule is Cc1cc(Cl)cc2cc(C#N)c(=O)n(C)c12. The molecule has 2 rings (SSSR count). The van der Waals surface area contributed by atoms with Crippen molar-refractivity contribution in [3.05, 3.63) is 44.7 Å². The molecular weight excluding hydrogens is 224 g/mol. The van der Waals surface area contributed by atoms with Gasteiger partial charge in [-0.2, -0.15) is 5.26 Å². The Kier molecular flexibility index (Phi) is 2.45. The van der Waals surface area contributed by atoms with Crippen LogP contribution in [0.15, 0.2) is 23.0 Å². The molecule has 0 bridgehead atoms. The number of hydrogen-bond donors (Lipinski definition) is 0. The smallest absolute Gasteiger partial charge is 0.268 e. The van der Waals surface area contributed by atoms with E-state index in [2.05, 4.69) is 0 Å². The highest BCUT2D eigenvalue weighted by molar-refractivity contribution is 6.31. The van der Waals surface area contributed by atoms with E-state index in [4.69, 9.17) is 16.9 Å². The second-order valence-corrected chi connectivity index (χ2v) is 4.13. The summed E-state index contributed by atoms with van der Waals surface area (Å²) in [6, 6.07) is 7.03. The number of fused-ring (bicyclic) bond motifs is 1. The molecule has 0 saturated heterocycles. The maximum absolute atomic E-state index is 11.8. The van der Waals surface area contributed by atoms with Crippen LogP contribution in [0, 0.1) is 18.3 Å². The third-order valence-corrected chi connectivity index (χ3v) is 2.80. The summed E-state index contributed by atoms with van der Waals surface area (Å²) in [6.07, 6.45) is 0. The predicted octanol–water partition coefficient (Wildman–Crippen LogP) is 2.37. The maximum Gasteiger partial charge on any atom is 0.268 e. The summed E-state index contributed by atoms with van der Waals surface area (Å²) in [5, 5.41) is 10.3. The lowest BCUT2D eigenvalue weighted by Gasteiger charge is -2.08. The van der Waals surface area contributed by atoms with Gasteiger partial charge in [-0.1, -0.05) is 11.6 Å². The molecule has 16 heavy (non-hydrogen) atoms. The van der Waals surface area contributed by atoms with Crippen molar-refractivity contribution in [3.63, 3.8) is 0 Å².